The third kappa shape index (κ3) is 1.68. The molecule has 0 spiro atoms. The summed E-state index contributed by atoms with van der Waals surface area (Å²) in [6, 6.07) is -0.330. The molecule has 10 heavy (non-hydrogen) atoms. The summed E-state index contributed by atoms with van der Waals surface area (Å²) in [7, 11) is 0. The van der Waals surface area contributed by atoms with Crippen molar-refractivity contribution in [1.82, 2.24) is 0 Å². The molecule has 58 valence electrons. The van der Waals surface area contributed by atoms with Crippen molar-refractivity contribution >= 4 is 5.97 Å². The number of rotatable bonds is 1. The average Bonchev–Trinajstić information content (AvgIpc) is 1.88. The first-order chi connectivity index (χ1) is 4.70. The summed E-state index contributed by atoms with van der Waals surface area (Å²) in [6.45, 7) is 0.525. The van der Waals surface area contributed by atoms with Gasteiger partial charge in [-0.15, -0.1) is 0 Å². The van der Waals surface area contributed by atoms with Gasteiger partial charge < -0.3 is 15.5 Å². The molecule has 1 aliphatic rings. The maximum atomic E-state index is 10.3. The molecule has 1 heterocycles. The molecule has 0 aromatic heterocycles. The van der Waals surface area contributed by atoms with Gasteiger partial charge in [0.2, 0.25) is 0 Å². The summed E-state index contributed by atoms with van der Waals surface area (Å²) in [5, 5.41) is 19.2. The first-order valence-corrected chi connectivity index (χ1v) is 3.44. The van der Waals surface area contributed by atoms with E-state index in [0.717, 1.165) is 0 Å². The van der Waals surface area contributed by atoms with Crippen LogP contribution in [0.25, 0.3) is 0 Å². The van der Waals surface area contributed by atoms with Crippen molar-refractivity contribution in [2.45, 2.75) is 25.0 Å². The minimum atomic E-state index is -0.771. The van der Waals surface area contributed by atoms with Crippen molar-refractivity contribution in [2.75, 3.05) is 6.54 Å². The zero-order valence-corrected chi connectivity index (χ0v) is 5.66. The Labute approximate surface area is 58.9 Å². The van der Waals surface area contributed by atoms with E-state index in [1.54, 1.807) is 5.32 Å². The Morgan fingerprint density at radius 2 is 2.20 bits per heavy atom. The highest BCUT2D eigenvalue weighted by Crippen LogP contribution is 2.01. The summed E-state index contributed by atoms with van der Waals surface area (Å²) < 4.78 is 0. The molecule has 1 rings (SSSR count). The number of carboxylic acids is 1. The lowest BCUT2D eigenvalue weighted by molar-refractivity contribution is -0.692. The van der Waals surface area contributed by atoms with Crippen LogP contribution in [0.3, 0.4) is 0 Å². The molecular formula is C6H12NO3+. The van der Waals surface area contributed by atoms with E-state index in [4.69, 9.17) is 10.2 Å². The van der Waals surface area contributed by atoms with E-state index in [-0.39, 0.29) is 12.1 Å². The molecule has 0 amide bonds. The molecule has 1 fully saturated rings. The summed E-state index contributed by atoms with van der Waals surface area (Å²) in [5.41, 5.74) is 0. The first-order valence-electron chi connectivity index (χ1n) is 3.44. The molecule has 4 N–H and O–H groups in total. The van der Waals surface area contributed by atoms with Crippen LogP contribution in [-0.2, 0) is 4.79 Å². The fraction of sp³-hybridized carbons (Fsp3) is 0.833. The maximum Gasteiger partial charge on any atom is 0.362 e. The largest absolute Gasteiger partial charge is 0.477 e. The third-order valence-corrected chi connectivity index (χ3v) is 1.82. The SMILES string of the molecule is O=C(O)[C@@H]1CCC(O)C[NH2+]1. The van der Waals surface area contributed by atoms with E-state index in [1.807, 2.05) is 0 Å². The lowest BCUT2D eigenvalue weighted by Gasteiger charge is -2.20. The molecule has 4 nitrogen and oxygen atoms in total. The van der Waals surface area contributed by atoms with E-state index in [2.05, 4.69) is 0 Å². The molecule has 1 aliphatic heterocycles. The van der Waals surface area contributed by atoms with Gasteiger partial charge in [-0.1, -0.05) is 0 Å². The number of hydrogen-bond acceptors (Lipinski definition) is 2. The van der Waals surface area contributed by atoms with Gasteiger partial charge >= 0.3 is 5.97 Å². The third-order valence-electron chi connectivity index (χ3n) is 1.82. The smallest absolute Gasteiger partial charge is 0.362 e. The molecule has 0 aliphatic carbocycles. The molecular weight excluding hydrogens is 134 g/mol. The van der Waals surface area contributed by atoms with E-state index >= 15 is 0 Å². The fourth-order valence-corrected chi connectivity index (χ4v) is 1.15. The Kier molecular flexibility index (Phi) is 2.24. The van der Waals surface area contributed by atoms with Crippen LogP contribution in [0.5, 0.6) is 0 Å². The van der Waals surface area contributed by atoms with E-state index in [1.165, 1.54) is 0 Å². The second kappa shape index (κ2) is 2.98. The van der Waals surface area contributed by atoms with Gasteiger partial charge in [0.25, 0.3) is 0 Å². The lowest BCUT2D eigenvalue weighted by atomic mass is 10.0. The Hall–Kier alpha value is -0.610. The number of aliphatic hydroxyl groups is 1. The predicted molar refractivity (Wildman–Crippen MR) is 33.5 cm³/mol. The molecule has 0 radical (unpaired) electrons. The summed E-state index contributed by atoms with van der Waals surface area (Å²) in [4.78, 5) is 10.3. The van der Waals surface area contributed by atoms with Gasteiger partial charge in [0.1, 0.15) is 12.6 Å². The minimum absolute atomic E-state index is 0.310. The minimum Gasteiger partial charge on any atom is -0.477 e. The van der Waals surface area contributed by atoms with Crippen LogP contribution in [0.4, 0.5) is 0 Å². The second-order valence-electron chi connectivity index (χ2n) is 2.65. The van der Waals surface area contributed by atoms with Gasteiger partial charge in [0.15, 0.2) is 6.04 Å². The van der Waals surface area contributed by atoms with Gasteiger partial charge in [-0.3, -0.25) is 0 Å². The number of hydrogen-bond donors (Lipinski definition) is 3. The number of piperidine rings is 1. The highest BCUT2D eigenvalue weighted by atomic mass is 16.4. The van der Waals surface area contributed by atoms with Gasteiger partial charge in [0, 0.05) is 6.42 Å². The molecule has 0 aromatic carbocycles. The number of aliphatic hydroxyl groups excluding tert-OH is 1. The lowest BCUT2D eigenvalue weighted by Crippen LogP contribution is -2.95. The van der Waals surface area contributed by atoms with Crippen molar-refractivity contribution in [3.63, 3.8) is 0 Å². The van der Waals surface area contributed by atoms with E-state index in [0.29, 0.717) is 19.4 Å². The Balaban J connectivity index is 2.33. The number of aliphatic carboxylic acids is 1. The predicted octanol–water partition coefficient (Wildman–Crippen LogP) is -1.84. The average molecular weight is 146 g/mol. The van der Waals surface area contributed by atoms with E-state index < -0.39 is 5.97 Å². The van der Waals surface area contributed by atoms with Crippen LogP contribution >= 0.6 is 0 Å². The summed E-state index contributed by atoms with van der Waals surface area (Å²) in [6.07, 6.45) is 0.889. The standard InChI is InChI=1S/C6H11NO3/c8-4-1-2-5(6(9)10)7-3-4/h4-5,7-8H,1-3H2,(H,9,10)/p+1/t4?,5-/m0/s1. The van der Waals surface area contributed by atoms with Crippen molar-refractivity contribution in [2.24, 2.45) is 0 Å². The van der Waals surface area contributed by atoms with Gasteiger partial charge in [0.05, 0.1) is 0 Å². The second-order valence-corrected chi connectivity index (χ2v) is 2.65. The quantitative estimate of drug-likeness (QED) is 0.407. The van der Waals surface area contributed by atoms with Crippen LogP contribution in [0.15, 0.2) is 0 Å². The number of nitrogens with two attached hydrogens (primary N) is 1. The van der Waals surface area contributed by atoms with Gasteiger partial charge in [-0.25, -0.2) is 4.79 Å². The normalized spacial score (nSPS) is 33.7. The number of carbonyl (C=O) groups is 1. The summed E-state index contributed by atoms with van der Waals surface area (Å²) >= 11 is 0. The number of carboxylic acid groups (broad SMARTS) is 1. The van der Waals surface area contributed by atoms with Crippen LogP contribution in [-0.4, -0.2) is 34.9 Å². The molecule has 0 saturated carbocycles. The van der Waals surface area contributed by atoms with Crippen LogP contribution in [0.2, 0.25) is 0 Å². The van der Waals surface area contributed by atoms with Gasteiger partial charge in [-0.05, 0) is 6.42 Å². The van der Waals surface area contributed by atoms with Crippen molar-refractivity contribution < 1.29 is 20.3 Å². The van der Waals surface area contributed by atoms with Crippen molar-refractivity contribution in [3.8, 4) is 0 Å². The molecule has 0 bridgehead atoms. The van der Waals surface area contributed by atoms with Crippen LogP contribution < -0.4 is 5.32 Å². The fourth-order valence-electron chi connectivity index (χ4n) is 1.15. The van der Waals surface area contributed by atoms with Crippen LogP contribution in [0, 0.1) is 0 Å². The topological polar surface area (TPSA) is 74.1 Å². The Morgan fingerprint density at radius 3 is 2.60 bits per heavy atom. The highest BCUT2D eigenvalue weighted by Gasteiger charge is 2.27. The first kappa shape index (κ1) is 7.50. The van der Waals surface area contributed by atoms with Crippen LogP contribution in [0.1, 0.15) is 12.8 Å². The zero-order chi connectivity index (χ0) is 7.56. The van der Waals surface area contributed by atoms with E-state index in [9.17, 15) is 4.79 Å². The monoisotopic (exact) mass is 146 g/mol. The Bertz CT molecular complexity index is 129. The highest BCUT2D eigenvalue weighted by molar-refractivity contribution is 5.71. The molecule has 1 unspecified atom stereocenters. The Morgan fingerprint density at radius 1 is 1.50 bits per heavy atom. The number of quaternary nitrogens is 1. The van der Waals surface area contributed by atoms with Gasteiger partial charge in [-0.2, -0.15) is 0 Å². The maximum absolute atomic E-state index is 10.3. The zero-order valence-electron chi connectivity index (χ0n) is 5.66. The molecule has 4 heteroatoms. The van der Waals surface area contributed by atoms with Crippen molar-refractivity contribution in [1.29, 1.82) is 0 Å². The molecule has 0 aromatic rings. The molecule has 2 atom stereocenters. The van der Waals surface area contributed by atoms with Crippen molar-refractivity contribution in [3.05, 3.63) is 0 Å². The molecule has 1 saturated heterocycles. The summed E-state index contributed by atoms with van der Waals surface area (Å²) in [5.74, 6) is -0.771.